The van der Waals surface area contributed by atoms with Gasteiger partial charge in [-0.2, -0.15) is 0 Å². The number of rotatable bonds is 7. The molecule has 1 aliphatic rings. The van der Waals surface area contributed by atoms with Crippen LogP contribution in [0.3, 0.4) is 0 Å². The van der Waals surface area contributed by atoms with Crippen LogP contribution in [0.5, 0.6) is 0 Å². The Morgan fingerprint density at radius 3 is 2.71 bits per heavy atom. The van der Waals surface area contributed by atoms with Crippen molar-refractivity contribution in [1.29, 1.82) is 0 Å². The van der Waals surface area contributed by atoms with Gasteiger partial charge in [-0.05, 0) is 57.0 Å². The van der Waals surface area contributed by atoms with E-state index in [9.17, 15) is 9.59 Å². The predicted octanol–water partition coefficient (Wildman–Crippen LogP) is 2.09. The van der Waals surface area contributed by atoms with Crippen molar-refractivity contribution in [2.45, 2.75) is 26.2 Å². The molecule has 6 heteroatoms. The Kier molecular flexibility index (Phi) is 7.06. The molecule has 0 aliphatic carbocycles. The van der Waals surface area contributed by atoms with Crippen molar-refractivity contribution in [3.8, 4) is 0 Å². The third-order valence-electron chi connectivity index (χ3n) is 4.12. The molecule has 0 amide bonds. The fraction of sp³-hybridized carbons (Fsp3) is 0.556. The number of nitrogens with zero attached hydrogens (tertiary/aromatic N) is 1. The molecule has 1 saturated heterocycles. The highest BCUT2D eigenvalue weighted by molar-refractivity contribution is 5.89. The number of piperidine rings is 1. The van der Waals surface area contributed by atoms with Gasteiger partial charge in [-0.3, -0.25) is 4.79 Å². The summed E-state index contributed by atoms with van der Waals surface area (Å²) in [5.41, 5.74) is 6.71. The monoisotopic (exact) mass is 334 g/mol. The number of carbonyl (C=O) groups is 2. The van der Waals surface area contributed by atoms with Crippen molar-refractivity contribution < 1.29 is 19.1 Å². The van der Waals surface area contributed by atoms with Gasteiger partial charge in [0.25, 0.3) is 0 Å². The molecule has 132 valence electrons. The summed E-state index contributed by atoms with van der Waals surface area (Å²) in [7, 11) is 0. The first-order valence-electron chi connectivity index (χ1n) is 8.51. The van der Waals surface area contributed by atoms with Crippen LogP contribution in [0.25, 0.3) is 0 Å². The minimum atomic E-state index is -0.335. The van der Waals surface area contributed by atoms with E-state index in [2.05, 4.69) is 4.90 Å². The van der Waals surface area contributed by atoms with Gasteiger partial charge in [0.15, 0.2) is 0 Å². The second-order valence-electron chi connectivity index (χ2n) is 6.00. The van der Waals surface area contributed by atoms with Crippen molar-refractivity contribution in [3.05, 3.63) is 29.8 Å². The number of esters is 2. The first-order chi connectivity index (χ1) is 11.6. The summed E-state index contributed by atoms with van der Waals surface area (Å²) in [5, 5.41) is 0. The summed E-state index contributed by atoms with van der Waals surface area (Å²) >= 11 is 0. The molecule has 0 saturated carbocycles. The predicted molar refractivity (Wildman–Crippen MR) is 91.6 cm³/mol. The van der Waals surface area contributed by atoms with Crippen LogP contribution in [0.4, 0.5) is 5.69 Å². The Morgan fingerprint density at radius 2 is 2.00 bits per heavy atom. The molecule has 24 heavy (non-hydrogen) atoms. The Labute approximate surface area is 142 Å². The van der Waals surface area contributed by atoms with Gasteiger partial charge >= 0.3 is 11.9 Å². The number of anilines is 1. The maximum Gasteiger partial charge on any atom is 0.338 e. The summed E-state index contributed by atoms with van der Waals surface area (Å²) in [6.45, 7) is 5.13. The zero-order valence-electron chi connectivity index (χ0n) is 14.2. The fourth-order valence-electron chi connectivity index (χ4n) is 2.87. The number of hydrogen-bond acceptors (Lipinski definition) is 6. The van der Waals surface area contributed by atoms with Crippen molar-refractivity contribution in [3.63, 3.8) is 0 Å². The molecular formula is C18H26N2O4. The zero-order valence-corrected chi connectivity index (χ0v) is 14.2. The van der Waals surface area contributed by atoms with Gasteiger partial charge in [-0.1, -0.05) is 0 Å². The van der Waals surface area contributed by atoms with Crippen LogP contribution in [-0.4, -0.2) is 49.7 Å². The summed E-state index contributed by atoms with van der Waals surface area (Å²) in [5.74, 6) is -0.467. The number of hydrogen-bond donors (Lipinski definition) is 1. The van der Waals surface area contributed by atoms with Crippen molar-refractivity contribution in [1.82, 2.24) is 4.90 Å². The summed E-state index contributed by atoms with van der Waals surface area (Å²) in [6.07, 6.45) is 2.63. The molecule has 0 spiro atoms. The molecule has 1 fully saturated rings. The van der Waals surface area contributed by atoms with Crippen LogP contribution in [0.15, 0.2) is 24.3 Å². The molecular weight excluding hydrogens is 308 g/mol. The number of ether oxygens (including phenoxy) is 2. The van der Waals surface area contributed by atoms with Crippen molar-refractivity contribution >= 4 is 17.6 Å². The highest BCUT2D eigenvalue weighted by atomic mass is 16.5. The maximum atomic E-state index is 11.9. The third kappa shape index (κ3) is 5.53. The lowest BCUT2D eigenvalue weighted by atomic mass is 9.98. The van der Waals surface area contributed by atoms with E-state index in [-0.39, 0.29) is 17.9 Å². The first kappa shape index (κ1) is 18.3. The second-order valence-corrected chi connectivity index (χ2v) is 6.00. The van der Waals surface area contributed by atoms with E-state index in [4.69, 9.17) is 15.2 Å². The van der Waals surface area contributed by atoms with Gasteiger partial charge in [0, 0.05) is 18.8 Å². The van der Waals surface area contributed by atoms with Gasteiger partial charge in [0.05, 0.1) is 24.7 Å². The molecule has 1 aromatic carbocycles. The highest BCUT2D eigenvalue weighted by Crippen LogP contribution is 2.18. The lowest BCUT2D eigenvalue weighted by Gasteiger charge is -2.31. The lowest BCUT2D eigenvalue weighted by molar-refractivity contribution is -0.149. The molecule has 1 aromatic rings. The Hall–Kier alpha value is -2.08. The Bertz CT molecular complexity index is 544. The normalized spacial score (nSPS) is 18.1. The van der Waals surface area contributed by atoms with Gasteiger partial charge in [0.2, 0.25) is 0 Å². The van der Waals surface area contributed by atoms with Crippen LogP contribution in [0.2, 0.25) is 0 Å². The van der Waals surface area contributed by atoms with E-state index >= 15 is 0 Å². The molecule has 1 unspecified atom stereocenters. The van der Waals surface area contributed by atoms with Gasteiger partial charge in [0.1, 0.15) is 0 Å². The van der Waals surface area contributed by atoms with E-state index in [0.29, 0.717) is 24.5 Å². The number of likely N-dealkylation sites (tertiary alicyclic amines) is 1. The van der Waals surface area contributed by atoms with E-state index in [1.54, 1.807) is 24.3 Å². The lowest BCUT2D eigenvalue weighted by Crippen LogP contribution is -2.40. The molecule has 0 radical (unpaired) electrons. The van der Waals surface area contributed by atoms with E-state index in [1.807, 2.05) is 6.92 Å². The number of nitrogen functional groups attached to an aromatic ring is 1. The average Bonchev–Trinajstić information content (AvgIpc) is 2.59. The van der Waals surface area contributed by atoms with Crippen LogP contribution in [0.1, 0.15) is 36.5 Å². The fourth-order valence-corrected chi connectivity index (χ4v) is 2.87. The average molecular weight is 334 g/mol. The van der Waals surface area contributed by atoms with Gasteiger partial charge < -0.3 is 20.1 Å². The minimum Gasteiger partial charge on any atom is -0.466 e. The SMILES string of the molecule is CCOC(=O)C1CCCN(CCCOC(=O)c2ccc(N)cc2)C1. The molecule has 2 rings (SSSR count). The first-order valence-corrected chi connectivity index (χ1v) is 8.51. The highest BCUT2D eigenvalue weighted by Gasteiger charge is 2.26. The number of nitrogens with two attached hydrogens (primary N) is 1. The second kappa shape index (κ2) is 9.27. The topological polar surface area (TPSA) is 81.9 Å². The maximum absolute atomic E-state index is 11.9. The van der Waals surface area contributed by atoms with Gasteiger partial charge in [-0.15, -0.1) is 0 Å². The molecule has 1 heterocycles. The Morgan fingerprint density at radius 1 is 1.25 bits per heavy atom. The molecule has 1 atom stereocenters. The van der Waals surface area contributed by atoms with Crippen LogP contribution in [-0.2, 0) is 14.3 Å². The molecule has 6 nitrogen and oxygen atoms in total. The molecule has 0 aromatic heterocycles. The Balaban J connectivity index is 1.67. The van der Waals surface area contributed by atoms with Gasteiger partial charge in [-0.25, -0.2) is 4.79 Å². The largest absolute Gasteiger partial charge is 0.466 e. The van der Waals surface area contributed by atoms with E-state index in [0.717, 1.165) is 38.9 Å². The summed E-state index contributed by atoms with van der Waals surface area (Å²) in [6, 6.07) is 6.68. The number of carbonyl (C=O) groups excluding carboxylic acids is 2. The summed E-state index contributed by atoms with van der Waals surface area (Å²) < 4.78 is 10.4. The smallest absolute Gasteiger partial charge is 0.338 e. The molecule has 2 N–H and O–H groups in total. The molecule has 1 aliphatic heterocycles. The van der Waals surface area contributed by atoms with E-state index in [1.165, 1.54) is 0 Å². The van der Waals surface area contributed by atoms with E-state index < -0.39 is 0 Å². The quantitative estimate of drug-likeness (QED) is 0.467. The van der Waals surface area contributed by atoms with Crippen molar-refractivity contribution in [2.24, 2.45) is 5.92 Å². The minimum absolute atomic E-state index is 0.0315. The third-order valence-corrected chi connectivity index (χ3v) is 4.12. The van der Waals surface area contributed by atoms with Crippen LogP contribution in [0, 0.1) is 5.92 Å². The van der Waals surface area contributed by atoms with Crippen LogP contribution >= 0.6 is 0 Å². The molecule has 0 bridgehead atoms. The standard InChI is InChI=1S/C18H26N2O4/c1-2-23-18(22)15-5-3-10-20(13-15)11-4-12-24-17(21)14-6-8-16(19)9-7-14/h6-9,15H,2-5,10-13,19H2,1H3. The summed E-state index contributed by atoms with van der Waals surface area (Å²) in [4.78, 5) is 25.9. The van der Waals surface area contributed by atoms with Crippen LogP contribution < -0.4 is 5.73 Å². The zero-order chi connectivity index (χ0) is 17.4. The van der Waals surface area contributed by atoms with Crippen molar-refractivity contribution in [2.75, 3.05) is 38.6 Å². The number of benzene rings is 1.